The van der Waals surface area contributed by atoms with E-state index in [0.29, 0.717) is 0 Å². The van der Waals surface area contributed by atoms with E-state index in [2.05, 4.69) is 18.6 Å². The van der Waals surface area contributed by atoms with Gasteiger partial charge in [-0.05, 0) is 6.08 Å². The summed E-state index contributed by atoms with van der Waals surface area (Å²) in [6, 6.07) is 0. The van der Waals surface area contributed by atoms with E-state index in [0.717, 1.165) is 0 Å². The fourth-order valence-corrected chi connectivity index (χ4v) is 1.42. The lowest BCUT2D eigenvalue weighted by Gasteiger charge is -1.78. The van der Waals surface area contributed by atoms with Crippen molar-refractivity contribution in [1.29, 1.82) is 0 Å². The molecule has 40 valence electrons. The second kappa shape index (κ2) is 1.41. The summed E-state index contributed by atoms with van der Waals surface area (Å²) in [5, 5.41) is 0. The molecule has 0 atom stereocenters. The predicted molar refractivity (Wildman–Crippen MR) is 34.3 cm³/mol. The summed E-state index contributed by atoms with van der Waals surface area (Å²) in [4.78, 5) is 0. The molecule has 0 aromatic heterocycles. The van der Waals surface area contributed by atoms with E-state index in [-0.39, 0.29) is 0 Å². The van der Waals surface area contributed by atoms with Gasteiger partial charge in [0.15, 0.2) is 0 Å². The van der Waals surface area contributed by atoms with E-state index < -0.39 is 0 Å². The van der Waals surface area contributed by atoms with Crippen molar-refractivity contribution >= 4 is 0 Å². The van der Waals surface area contributed by atoms with Gasteiger partial charge in [0, 0.05) is 31.8 Å². The molecule has 0 saturated carbocycles. The molecule has 0 fully saturated rings. The van der Waals surface area contributed by atoms with Crippen LogP contribution in [0.4, 0.5) is 0 Å². The number of hydrogen-bond donors (Lipinski definition) is 0. The fraction of sp³-hybridized carbons (Fsp3) is 0.375. The van der Waals surface area contributed by atoms with Crippen LogP contribution in [0, 0.1) is 6.42 Å². The first-order valence-corrected chi connectivity index (χ1v) is 3.19. The smallest absolute Gasteiger partial charge is 0.00766 e. The summed E-state index contributed by atoms with van der Waals surface area (Å²) < 4.78 is 0. The monoisotopic (exact) mass is 105 g/mol. The molecule has 0 unspecified atom stereocenters. The molecule has 0 aromatic carbocycles. The van der Waals surface area contributed by atoms with Crippen LogP contribution in [-0.4, -0.2) is 0 Å². The molecule has 0 saturated heterocycles. The molecule has 2 aliphatic rings. The van der Waals surface area contributed by atoms with Crippen molar-refractivity contribution in [2.75, 3.05) is 0 Å². The highest BCUT2D eigenvalue weighted by atomic mass is 14.2. The third kappa shape index (κ3) is 0.430. The van der Waals surface area contributed by atoms with Crippen LogP contribution in [0.3, 0.4) is 0 Å². The van der Waals surface area contributed by atoms with Gasteiger partial charge in [-0.1, -0.05) is 0 Å². The lowest BCUT2D eigenvalue weighted by molar-refractivity contribution is 1.06. The Kier molecular flexibility index (Phi) is 0.750. The molecule has 8 heavy (non-hydrogen) atoms. The highest BCUT2D eigenvalue weighted by Gasteiger charge is 2.24. The lowest BCUT2D eigenvalue weighted by Crippen LogP contribution is -1.70. The van der Waals surface area contributed by atoms with E-state index in [1.165, 1.54) is 24.8 Å². The third-order valence-electron chi connectivity index (χ3n) is 1.85. The second-order valence-corrected chi connectivity index (χ2v) is 2.37. The number of rotatable bonds is 0. The topological polar surface area (TPSA) is 0 Å². The van der Waals surface area contributed by atoms with Crippen molar-refractivity contribution in [3.8, 4) is 0 Å². The van der Waals surface area contributed by atoms with Gasteiger partial charge in [0.05, 0.1) is 5.57 Å². The fourth-order valence-electron chi connectivity index (χ4n) is 1.42. The molecular weight excluding hydrogens is 96.1 g/mol. The molecule has 0 nitrogen and oxygen atoms in total. The minimum Gasteiger partial charge on any atom is -0.00766 e. The van der Waals surface area contributed by atoms with E-state index in [9.17, 15) is 0 Å². The normalized spacial score (nSPS) is 24.0. The Balaban J connectivity index is 2.37. The largest absolute Gasteiger partial charge is 0.128 e. The van der Waals surface area contributed by atoms with Gasteiger partial charge in [-0.15, -0.1) is 0 Å². The van der Waals surface area contributed by atoms with Crippen LogP contribution in [0.1, 0.15) is 19.3 Å². The average molecular weight is 105 g/mol. The maximum atomic E-state index is 2.33. The minimum atomic E-state index is 1.18. The minimum absolute atomic E-state index is 1.18. The van der Waals surface area contributed by atoms with E-state index in [1.807, 2.05) is 0 Å². The maximum Gasteiger partial charge on any atom is 0.128 e. The second-order valence-electron chi connectivity index (χ2n) is 2.37. The van der Waals surface area contributed by atoms with Gasteiger partial charge in [0.25, 0.3) is 0 Å². The van der Waals surface area contributed by atoms with Crippen LogP contribution in [-0.2, 0) is 0 Å². The van der Waals surface area contributed by atoms with Gasteiger partial charge in [-0.25, -0.2) is 0 Å². The van der Waals surface area contributed by atoms with Gasteiger partial charge in [0.1, 0.15) is 5.57 Å². The molecule has 0 amide bonds. The van der Waals surface area contributed by atoms with Crippen molar-refractivity contribution in [2.45, 2.75) is 19.3 Å². The summed E-state index contributed by atoms with van der Waals surface area (Å²) in [5.41, 5.74) is 3.11. The van der Waals surface area contributed by atoms with Crippen LogP contribution < -0.4 is 0 Å². The van der Waals surface area contributed by atoms with Crippen molar-refractivity contribution in [2.24, 2.45) is 0 Å². The number of allylic oxidation sites excluding steroid dienone is 4. The highest BCUT2D eigenvalue weighted by Crippen LogP contribution is 2.33. The molecule has 0 aliphatic heterocycles. The van der Waals surface area contributed by atoms with Crippen LogP contribution in [0.25, 0.3) is 0 Å². The molecule has 0 bridgehead atoms. The quantitative estimate of drug-likeness (QED) is 0.414. The van der Waals surface area contributed by atoms with Crippen LogP contribution in [0.5, 0.6) is 0 Å². The van der Waals surface area contributed by atoms with Gasteiger partial charge in [-0.2, -0.15) is 0 Å². The van der Waals surface area contributed by atoms with E-state index in [1.54, 1.807) is 5.57 Å². The molecule has 2 aliphatic carbocycles. The molecular formula is C8H9+. The Morgan fingerprint density at radius 2 is 2.38 bits per heavy atom. The molecule has 2 rings (SSSR count). The first-order valence-electron chi connectivity index (χ1n) is 3.19. The molecule has 0 radical (unpaired) electrons. The zero-order valence-electron chi connectivity index (χ0n) is 4.85. The number of fused-ring (bicyclic) bond motifs is 1. The molecule has 0 heteroatoms. The average Bonchev–Trinajstić information content (AvgIpc) is 2.15. The summed E-state index contributed by atoms with van der Waals surface area (Å²) in [6.45, 7) is 0. The van der Waals surface area contributed by atoms with Crippen molar-refractivity contribution in [1.82, 2.24) is 0 Å². The lowest BCUT2D eigenvalue weighted by atomic mass is 10.2. The zero-order valence-corrected chi connectivity index (χ0v) is 4.85. The molecule has 0 aromatic rings. The third-order valence-corrected chi connectivity index (χ3v) is 1.85. The zero-order chi connectivity index (χ0) is 5.40. The Bertz CT molecular complexity index is 141. The highest BCUT2D eigenvalue weighted by molar-refractivity contribution is 5.46. The van der Waals surface area contributed by atoms with Crippen LogP contribution >= 0.6 is 0 Å². The molecule has 0 N–H and O–H groups in total. The first-order chi connectivity index (χ1) is 3.97. The summed E-state index contributed by atoms with van der Waals surface area (Å²) >= 11 is 0. The Morgan fingerprint density at radius 1 is 1.38 bits per heavy atom. The van der Waals surface area contributed by atoms with E-state index in [4.69, 9.17) is 0 Å². The van der Waals surface area contributed by atoms with Crippen molar-refractivity contribution in [3.05, 3.63) is 29.7 Å². The van der Waals surface area contributed by atoms with Gasteiger partial charge < -0.3 is 0 Å². The maximum absolute atomic E-state index is 2.33. The van der Waals surface area contributed by atoms with Crippen LogP contribution in [0.2, 0.25) is 0 Å². The molecule has 0 spiro atoms. The van der Waals surface area contributed by atoms with Gasteiger partial charge >= 0.3 is 0 Å². The van der Waals surface area contributed by atoms with Crippen molar-refractivity contribution < 1.29 is 0 Å². The molecule has 0 heterocycles. The summed E-state index contributed by atoms with van der Waals surface area (Å²) in [6.07, 6.45) is 10.7. The Hall–Kier alpha value is -0.650. The summed E-state index contributed by atoms with van der Waals surface area (Å²) in [5.74, 6) is 0. The standard InChI is InChI=1S/C8H9/c1-3-7-5-2-6-8(7)4-1/h3-5H,1-2,6H2/q+1. The van der Waals surface area contributed by atoms with Crippen molar-refractivity contribution in [3.63, 3.8) is 0 Å². The summed E-state index contributed by atoms with van der Waals surface area (Å²) in [7, 11) is 0. The first kappa shape index (κ1) is 4.25. The van der Waals surface area contributed by atoms with E-state index >= 15 is 0 Å². The Labute approximate surface area is 49.9 Å². The predicted octanol–water partition coefficient (Wildman–Crippen LogP) is 2.24. The number of hydrogen-bond acceptors (Lipinski definition) is 0. The Morgan fingerprint density at radius 3 is 3.25 bits per heavy atom. The van der Waals surface area contributed by atoms with Gasteiger partial charge in [0.2, 0.25) is 0 Å². The van der Waals surface area contributed by atoms with Crippen LogP contribution in [0.15, 0.2) is 23.3 Å². The van der Waals surface area contributed by atoms with Gasteiger partial charge in [-0.3, -0.25) is 0 Å². The SMILES string of the molecule is C1=C2[CH+]CC=C2CC1.